The zero-order valence-corrected chi connectivity index (χ0v) is 15.0. The van der Waals surface area contributed by atoms with Crippen LogP contribution in [0.3, 0.4) is 0 Å². The van der Waals surface area contributed by atoms with Gasteiger partial charge in [0.05, 0.1) is 20.6 Å². The van der Waals surface area contributed by atoms with E-state index in [9.17, 15) is 12.6 Å². The predicted octanol–water partition coefficient (Wildman–Crippen LogP) is 3.51. The molecule has 3 aromatic rings. The summed E-state index contributed by atoms with van der Waals surface area (Å²) < 4.78 is 38.9. The molecule has 0 saturated heterocycles. The summed E-state index contributed by atoms with van der Waals surface area (Å²) in [5.41, 5.74) is 2.07. The molecule has 124 valence electrons. The Labute approximate surface area is 144 Å². The highest BCUT2D eigenvalue weighted by molar-refractivity contribution is 7.90. The van der Waals surface area contributed by atoms with Crippen LogP contribution in [-0.4, -0.2) is 16.6 Å². The highest BCUT2D eigenvalue weighted by Gasteiger charge is 2.18. The lowest BCUT2D eigenvalue weighted by molar-refractivity contribution is 0.587. The van der Waals surface area contributed by atoms with Gasteiger partial charge in [0.1, 0.15) is 0 Å². The van der Waals surface area contributed by atoms with Gasteiger partial charge < -0.3 is 0 Å². The molecule has 0 aliphatic heterocycles. The minimum absolute atomic E-state index is 0.205. The second kappa shape index (κ2) is 6.37. The number of rotatable bonds is 4. The zero-order chi connectivity index (χ0) is 17.3. The van der Waals surface area contributed by atoms with Crippen molar-refractivity contribution in [3.63, 3.8) is 0 Å². The first-order valence-corrected chi connectivity index (χ1v) is 9.95. The van der Waals surface area contributed by atoms with Crippen LogP contribution in [0.4, 0.5) is 0 Å². The molecule has 1 atom stereocenters. The Kier molecular flexibility index (Phi) is 4.43. The van der Waals surface area contributed by atoms with E-state index in [4.69, 9.17) is 0 Å². The lowest BCUT2D eigenvalue weighted by Gasteiger charge is -2.06. The molecule has 0 amide bonds. The fraction of sp³-hybridized carbons (Fsp3) is 0.111. The molecule has 0 spiro atoms. The molecule has 6 heteroatoms. The number of nitrogens with zero attached hydrogens (tertiary/aromatic N) is 1. The SMILES string of the molecule is Cc1ccc(S(=O)c2ccn(S(=O)(=O)c3ccc(C)cc3)c2)cc1. The minimum atomic E-state index is -3.68. The molecule has 1 aromatic heterocycles. The van der Waals surface area contributed by atoms with Crippen molar-refractivity contribution in [1.29, 1.82) is 0 Å². The van der Waals surface area contributed by atoms with Gasteiger partial charge >= 0.3 is 0 Å². The summed E-state index contributed by atoms with van der Waals surface area (Å²) >= 11 is 0. The van der Waals surface area contributed by atoms with E-state index < -0.39 is 20.8 Å². The van der Waals surface area contributed by atoms with Gasteiger partial charge in [-0.2, -0.15) is 0 Å². The highest BCUT2D eigenvalue weighted by Crippen LogP contribution is 2.21. The van der Waals surface area contributed by atoms with Gasteiger partial charge in [0, 0.05) is 17.3 Å². The van der Waals surface area contributed by atoms with Crippen molar-refractivity contribution in [2.75, 3.05) is 0 Å². The Morgan fingerprint density at radius 1 is 0.792 bits per heavy atom. The van der Waals surface area contributed by atoms with E-state index in [1.165, 1.54) is 12.4 Å². The number of aryl methyl sites for hydroxylation is 2. The van der Waals surface area contributed by atoms with Crippen LogP contribution in [0.1, 0.15) is 11.1 Å². The summed E-state index contributed by atoms with van der Waals surface area (Å²) in [5, 5.41) is 0. The van der Waals surface area contributed by atoms with Crippen molar-refractivity contribution in [3.05, 3.63) is 78.1 Å². The average molecular weight is 359 g/mol. The maximum absolute atomic E-state index is 12.6. The summed E-state index contributed by atoms with van der Waals surface area (Å²) in [4.78, 5) is 1.30. The summed E-state index contributed by atoms with van der Waals surface area (Å²) in [6, 6.07) is 15.6. The Hall–Kier alpha value is -2.18. The third-order valence-corrected chi connectivity index (χ3v) is 6.71. The number of hydrogen-bond donors (Lipinski definition) is 0. The first-order valence-electron chi connectivity index (χ1n) is 7.36. The first-order chi connectivity index (χ1) is 11.4. The van der Waals surface area contributed by atoms with Crippen molar-refractivity contribution < 1.29 is 12.6 Å². The van der Waals surface area contributed by atoms with E-state index in [2.05, 4.69) is 0 Å². The fourth-order valence-corrected chi connectivity index (χ4v) is 4.56. The van der Waals surface area contributed by atoms with Crippen LogP contribution < -0.4 is 0 Å². The standard InChI is InChI=1S/C18H17NO3S2/c1-14-3-7-16(8-4-14)23(20)17-11-12-19(13-17)24(21,22)18-9-5-15(2)6-10-18/h3-13H,1-2H3. The van der Waals surface area contributed by atoms with Crippen LogP contribution >= 0.6 is 0 Å². The highest BCUT2D eigenvalue weighted by atomic mass is 32.2. The Balaban J connectivity index is 1.94. The van der Waals surface area contributed by atoms with E-state index >= 15 is 0 Å². The summed E-state index contributed by atoms with van der Waals surface area (Å²) in [6.07, 6.45) is 2.84. The van der Waals surface area contributed by atoms with Gasteiger partial charge in [-0.25, -0.2) is 16.6 Å². The Bertz CT molecular complexity index is 986. The van der Waals surface area contributed by atoms with Gasteiger partial charge in [0.15, 0.2) is 0 Å². The molecule has 1 unspecified atom stereocenters. The van der Waals surface area contributed by atoms with Crippen molar-refractivity contribution in [2.45, 2.75) is 28.5 Å². The molecular formula is C18H17NO3S2. The smallest absolute Gasteiger partial charge is 0.249 e. The van der Waals surface area contributed by atoms with Crippen LogP contribution in [0, 0.1) is 13.8 Å². The maximum atomic E-state index is 12.6. The second-order valence-corrected chi connectivity index (χ2v) is 8.90. The van der Waals surface area contributed by atoms with Gasteiger partial charge in [-0.3, -0.25) is 0 Å². The molecular weight excluding hydrogens is 342 g/mol. The van der Waals surface area contributed by atoms with Crippen LogP contribution in [0.25, 0.3) is 0 Å². The van der Waals surface area contributed by atoms with Crippen LogP contribution in [0.2, 0.25) is 0 Å². The quantitative estimate of drug-likeness (QED) is 0.716. The lowest BCUT2D eigenvalue weighted by Crippen LogP contribution is -2.10. The van der Waals surface area contributed by atoms with Crippen molar-refractivity contribution >= 4 is 20.8 Å². The van der Waals surface area contributed by atoms with Crippen LogP contribution in [-0.2, 0) is 20.8 Å². The van der Waals surface area contributed by atoms with Crippen molar-refractivity contribution in [3.8, 4) is 0 Å². The topological polar surface area (TPSA) is 56.1 Å². The number of benzene rings is 2. The third kappa shape index (κ3) is 3.20. The zero-order valence-electron chi connectivity index (χ0n) is 13.3. The molecule has 3 rings (SSSR count). The summed E-state index contributed by atoms with van der Waals surface area (Å²) in [6.45, 7) is 3.85. The monoisotopic (exact) mass is 359 g/mol. The molecule has 0 aliphatic rings. The first kappa shape index (κ1) is 16.7. The molecule has 0 aliphatic carbocycles. The fourth-order valence-electron chi connectivity index (χ4n) is 2.25. The minimum Gasteiger partial charge on any atom is -0.249 e. The van der Waals surface area contributed by atoms with Crippen molar-refractivity contribution in [1.82, 2.24) is 3.97 Å². The third-order valence-electron chi connectivity index (χ3n) is 3.69. The normalized spacial score (nSPS) is 12.9. The van der Waals surface area contributed by atoms with E-state index in [0.29, 0.717) is 9.79 Å². The molecule has 1 heterocycles. The summed E-state index contributed by atoms with van der Waals surface area (Å²) in [5.74, 6) is 0. The largest absolute Gasteiger partial charge is 0.267 e. The molecule has 0 saturated carbocycles. The van der Waals surface area contributed by atoms with Gasteiger partial charge in [-0.15, -0.1) is 0 Å². The maximum Gasteiger partial charge on any atom is 0.267 e. The van der Waals surface area contributed by atoms with Crippen LogP contribution in [0.5, 0.6) is 0 Å². The van der Waals surface area contributed by atoms with Gasteiger partial charge in [0.2, 0.25) is 0 Å². The second-order valence-electron chi connectivity index (χ2n) is 5.58. The molecule has 2 aromatic carbocycles. The average Bonchev–Trinajstić information content (AvgIpc) is 3.06. The molecule has 4 nitrogen and oxygen atoms in total. The van der Waals surface area contributed by atoms with Gasteiger partial charge in [0.25, 0.3) is 10.0 Å². The number of hydrogen-bond acceptors (Lipinski definition) is 3. The van der Waals surface area contributed by atoms with Gasteiger partial charge in [-0.05, 0) is 44.2 Å². The van der Waals surface area contributed by atoms with E-state index in [1.807, 2.05) is 26.0 Å². The molecule has 0 N–H and O–H groups in total. The lowest BCUT2D eigenvalue weighted by atomic mass is 10.2. The summed E-state index contributed by atoms with van der Waals surface area (Å²) in [7, 11) is -5.09. The molecule has 0 fully saturated rings. The predicted molar refractivity (Wildman–Crippen MR) is 94.0 cm³/mol. The molecule has 0 bridgehead atoms. The van der Waals surface area contributed by atoms with Gasteiger partial charge in [-0.1, -0.05) is 35.4 Å². The number of aromatic nitrogens is 1. The van der Waals surface area contributed by atoms with E-state index in [0.717, 1.165) is 15.1 Å². The molecule has 24 heavy (non-hydrogen) atoms. The van der Waals surface area contributed by atoms with Crippen molar-refractivity contribution in [2.24, 2.45) is 0 Å². The Morgan fingerprint density at radius 2 is 1.33 bits per heavy atom. The van der Waals surface area contributed by atoms with E-state index in [1.54, 1.807) is 42.5 Å². The van der Waals surface area contributed by atoms with E-state index in [-0.39, 0.29) is 4.90 Å². The van der Waals surface area contributed by atoms with Crippen LogP contribution in [0.15, 0.2) is 81.7 Å². The molecule has 0 radical (unpaired) electrons. The Morgan fingerprint density at radius 3 is 1.92 bits per heavy atom.